The number of fused-ring (bicyclic) bond motifs is 3. The lowest BCUT2D eigenvalue weighted by Gasteiger charge is -2.33. The molecule has 2 aromatic heterocycles. The van der Waals surface area contributed by atoms with E-state index < -0.39 is 0 Å². The Bertz CT molecular complexity index is 1210. The number of benzene rings is 1. The quantitative estimate of drug-likeness (QED) is 0.622. The first-order valence-electron chi connectivity index (χ1n) is 12.0. The fourth-order valence-electron chi connectivity index (χ4n) is 6.22. The third-order valence-electron chi connectivity index (χ3n) is 8.19. The van der Waals surface area contributed by atoms with Crippen LogP contribution in [0.4, 0.5) is 10.2 Å². The summed E-state index contributed by atoms with van der Waals surface area (Å²) in [6.45, 7) is 4.05. The second-order valence-electron chi connectivity index (χ2n) is 10.2. The molecule has 2 saturated heterocycles. The predicted octanol–water partition coefficient (Wildman–Crippen LogP) is 2.87. The average Bonchev–Trinajstić information content (AvgIpc) is 3.19. The molecule has 0 spiro atoms. The maximum absolute atomic E-state index is 14.7. The Morgan fingerprint density at radius 3 is 2.72 bits per heavy atom. The second kappa shape index (κ2) is 6.99. The van der Waals surface area contributed by atoms with Gasteiger partial charge in [0.2, 0.25) is 17.8 Å². The molecule has 7 rings (SSSR count). The Morgan fingerprint density at radius 1 is 1.12 bits per heavy atom. The summed E-state index contributed by atoms with van der Waals surface area (Å²) in [6, 6.07) is 5.97. The molecule has 1 unspecified atom stereocenters. The smallest absolute Gasteiger partial charge is 0.236 e. The molecule has 3 fully saturated rings. The van der Waals surface area contributed by atoms with Crippen molar-refractivity contribution in [1.82, 2.24) is 14.9 Å². The molecule has 0 radical (unpaired) electrons. The van der Waals surface area contributed by atoms with Crippen LogP contribution >= 0.6 is 0 Å². The van der Waals surface area contributed by atoms with Gasteiger partial charge in [-0.2, -0.15) is 0 Å². The van der Waals surface area contributed by atoms with Crippen LogP contribution in [0.2, 0.25) is 0 Å². The molecule has 3 N–H and O–H groups in total. The summed E-state index contributed by atoms with van der Waals surface area (Å²) in [5.41, 5.74) is 11.8. The van der Waals surface area contributed by atoms with Crippen molar-refractivity contribution in [3.05, 3.63) is 47.2 Å². The van der Waals surface area contributed by atoms with Gasteiger partial charge in [-0.25, -0.2) is 8.96 Å². The summed E-state index contributed by atoms with van der Waals surface area (Å²) < 4.78 is 22.2. The molecule has 4 aliphatic rings. The molecule has 1 saturated carbocycles. The number of aryl methyl sites for hydroxylation is 1. The van der Waals surface area contributed by atoms with Gasteiger partial charge in [-0.3, -0.25) is 4.90 Å². The van der Waals surface area contributed by atoms with E-state index in [1.54, 1.807) is 18.5 Å². The van der Waals surface area contributed by atoms with Crippen molar-refractivity contribution in [3.63, 3.8) is 0 Å². The normalized spacial score (nSPS) is 27.7. The van der Waals surface area contributed by atoms with E-state index in [0.717, 1.165) is 67.8 Å². The second-order valence-corrected chi connectivity index (χ2v) is 10.2. The molecule has 0 amide bonds. The number of anilines is 1. The van der Waals surface area contributed by atoms with Gasteiger partial charge in [0.1, 0.15) is 16.9 Å². The van der Waals surface area contributed by atoms with Gasteiger partial charge in [0.05, 0.1) is 13.2 Å². The van der Waals surface area contributed by atoms with E-state index in [9.17, 15) is 4.39 Å². The number of nitrogen functional groups attached to an aromatic ring is 1. The minimum absolute atomic E-state index is 0.204. The summed E-state index contributed by atoms with van der Waals surface area (Å²) in [4.78, 5) is 10.7. The summed E-state index contributed by atoms with van der Waals surface area (Å²) >= 11 is 0. The largest absolute Gasteiger partial charge is 0.381 e. The van der Waals surface area contributed by atoms with Crippen LogP contribution < -0.4 is 10.3 Å². The van der Waals surface area contributed by atoms with Gasteiger partial charge in [0, 0.05) is 42.7 Å². The Hall–Kier alpha value is -2.51. The monoisotopic (exact) mass is 434 g/mol. The number of nitrogens with two attached hydrogens (primary N) is 1. The van der Waals surface area contributed by atoms with E-state index in [-0.39, 0.29) is 5.82 Å². The minimum atomic E-state index is -0.204. The van der Waals surface area contributed by atoms with Crippen molar-refractivity contribution >= 4 is 16.9 Å². The van der Waals surface area contributed by atoms with Crippen LogP contribution in [-0.2, 0) is 17.6 Å². The number of nitrogens with one attached hydrogen (secondary N) is 1. The Morgan fingerprint density at radius 2 is 1.94 bits per heavy atom. The number of aromatic amines is 1. The van der Waals surface area contributed by atoms with Crippen LogP contribution in [0.1, 0.15) is 42.0 Å². The third kappa shape index (κ3) is 2.98. The highest BCUT2D eigenvalue weighted by molar-refractivity contribution is 5.85. The maximum Gasteiger partial charge on any atom is 0.236 e. The number of halogens is 1. The van der Waals surface area contributed by atoms with E-state index >= 15 is 0 Å². The van der Waals surface area contributed by atoms with Crippen LogP contribution in [0.5, 0.6) is 0 Å². The average molecular weight is 435 g/mol. The molecule has 3 aromatic rings. The third-order valence-corrected chi connectivity index (χ3v) is 8.19. The van der Waals surface area contributed by atoms with Crippen molar-refractivity contribution < 1.29 is 13.7 Å². The SMILES string of the molecule is Nc1c2cc(C3CC3)[nH]c2nc[n+]1-c1cc(F)cc2c1C[C@@H](N1CC3COC[C@@H]3C1)CC2. The molecule has 2 aliphatic heterocycles. The zero-order valence-electron chi connectivity index (χ0n) is 18.2. The van der Waals surface area contributed by atoms with E-state index in [1.165, 1.54) is 24.1 Å². The van der Waals surface area contributed by atoms with E-state index in [4.69, 9.17) is 10.5 Å². The summed E-state index contributed by atoms with van der Waals surface area (Å²) in [5.74, 6) is 2.38. The first-order valence-corrected chi connectivity index (χ1v) is 12.0. The molecule has 166 valence electrons. The predicted molar refractivity (Wildman–Crippen MR) is 119 cm³/mol. The fraction of sp³-hybridized carbons (Fsp3) is 0.520. The van der Waals surface area contributed by atoms with Gasteiger partial charge in [0.25, 0.3) is 0 Å². The number of ether oxygens (including phenoxy) is 1. The number of nitrogens with zero attached hydrogens (tertiary/aromatic N) is 3. The zero-order valence-corrected chi connectivity index (χ0v) is 18.2. The molecule has 32 heavy (non-hydrogen) atoms. The minimum Gasteiger partial charge on any atom is -0.381 e. The first-order chi connectivity index (χ1) is 15.6. The zero-order chi connectivity index (χ0) is 21.4. The molecule has 6 nitrogen and oxygen atoms in total. The highest BCUT2D eigenvalue weighted by atomic mass is 19.1. The summed E-state index contributed by atoms with van der Waals surface area (Å²) in [6.07, 6.45) is 7.10. The van der Waals surface area contributed by atoms with Gasteiger partial charge >= 0.3 is 0 Å². The number of likely N-dealkylation sites (tertiary alicyclic amines) is 1. The Labute approximate surface area is 186 Å². The molecule has 7 heteroatoms. The number of rotatable bonds is 3. The molecule has 2 aliphatic carbocycles. The fourth-order valence-corrected chi connectivity index (χ4v) is 6.22. The van der Waals surface area contributed by atoms with E-state index in [2.05, 4.69) is 20.9 Å². The Balaban J connectivity index is 1.27. The maximum atomic E-state index is 14.7. The molecular formula is C25H29FN5O+. The standard InChI is InChI=1S/C25H28FN5O/c26-18-5-15-3-4-19(30-9-16-11-32-12-17(16)10-30)7-20(15)23(6-18)31-13-28-25-21(24(31)27)8-22(29-25)14-1-2-14/h5-6,8,13-14,16-17,19H,1-4,7,9-12H2,(H2,27,29)/p+1/t16-,17?,19-/m0/s1. The van der Waals surface area contributed by atoms with Crippen molar-refractivity contribution in [3.8, 4) is 5.69 Å². The van der Waals surface area contributed by atoms with E-state index in [0.29, 0.717) is 29.6 Å². The molecule has 4 heterocycles. The highest BCUT2D eigenvalue weighted by Crippen LogP contribution is 2.41. The van der Waals surface area contributed by atoms with Crippen molar-refractivity contribution in [2.24, 2.45) is 11.8 Å². The van der Waals surface area contributed by atoms with Gasteiger partial charge in [0.15, 0.2) is 0 Å². The molecule has 0 bridgehead atoms. The van der Waals surface area contributed by atoms with Crippen molar-refractivity contribution in [2.45, 2.75) is 44.1 Å². The van der Waals surface area contributed by atoms with Crippen LogP contribution in [0.15, 0.2) is 24.5 Å². The van der Waals surface area contributed by atoms with Gasteiger partial charge in [-0.1, -0.05) is 4.98 Å². The number of H-pyrrole nitrogens is 1. The lowest BCUT2D eigenvalue weighted by molar-refractivity contribution is -0.582. The number of hydrogen-bond acceptors (Lipinski definition) is 4. The Kier molecular flexibility index (Phi) is 4.15. The number of aromatic nitrogens is 3. The van der Waals surface area contributed by atoms with Crippen LogP contribution in [0, 0.1) is 17.7 Å². The summed E-state index contributed by atoms with van der Waals surface area (Å²) in [7, 11) is 0. The highest BCUT2D eigenvalue weighted by Gasteiger charge is 2.40. The van der Waals surface area contributed by atoms with Gasteiger partial charge in [-0.05, 0) is 61.3 Å². The number of hydrogen-bond donors (Lipinski definition) is 2. The van der Waals surface area contributed by atoms with Crippen LogP contribution in [0.3, 0.4) is 0 Å². The van der Waals surface area contributed by atoms with E-state index in [1.807, 2.05) is 4.57 Å². The molecule has 3 atom stereocenters. The first kappa shape index (κ1) is 19.0. The topological polar surface area (TPSA) is 71.1 Å². The van der Waals surface area contributed by atoms with Crippen LogP contribution in [0.25, 0.3) is 16.7 Å². The summed E-state index contributed by atoms with van der Waals surface area (Å²) in [5, 5.41) is 0.923. The van der Waals surface area contributed by atoms with Crippen molar-refractivity contribution in [2.75, 3.05) is 32.0 Å². The molecule has 1 aromatic carbocycles. The lowest BCUT2D eigenvalue weighted by atomic mass is 9.86. The van der Waals surface area contributed by atoms with Crippen LogP contribution in [-0.4, -0.2) is 47.2 Å². The molecular weight excluding hydrogens is 405 g/mol. The lowest BCUT2D eigenvalue weighted by Crippen LogP contribution is -2.42. The van der Waals surface area contributed by atoms with Gasteiger partial charge in [-0.15, -0.1) is 0 Å². The van der Waals surface area contributed by atoms with Gasteiger partial charge < -0.3 is 15.5 Å². The van der Waals surface area contributed by atoms with Crippen molar-refractivity contribution in [1.29, 1.82) is 0 Å².